The predicted octanol–water partition coefficient (Wildman–Crippen LogP) is 4.39. The molecule has 5 nitrogen and oxygen atoms in total. The van der Waals surface area contributed by atoms with Gasteiger partial charge < -0.3 is 10.2 Å². The third-order valence-corrected chi connectivity index (χ3v) is 4.39. The molecular formula is C17H16ClF3N4O. The molecule has 0 radical (unpaired) electrons. The molecule has 3 rings (SSSR count). The van der Waals surface area contributed by atoms with Gasteiger partial charge >= 0.3 is 6.18 Å². The number of carbonyl (C=O) groups is 1. The number of alkyl halides is 3. The van der Waals surface area contributed by atoms with Crippen molar-refractivity contribution in [2.75, 3.05) is 23.3 Å². The number of piperidine rings is 1. The van der Waals surface area contributed by atoms with Crippen LogP contribution in [-0.4, -0.2) is 29.0 Å². The van der Waals surface area contributed by atoms with E-state index in [0.29, 0.717) is 5.95 Å². The fourth-order valence-corrected chi connectivity index (χ4v) is 2.87. The third kappa shape index (κ3) is 4.24. The average molecular weight is 385 g/mol. The zero-order valence-electron chi connectivity index (χ0n) is 13.7. The second kappa shape index (κ2) is 7.49. The summed E-state index contributed by atoms with van der Waals surface area (Å²) in [6.45, 7) is 1.62. The first-order valence-corrected chi connectivity index (χ1v) is 8.48. The molecule has 0 atom stereocenters. The summed E-state index contributed by atoms with van der Waals surface area (Å²) in [5.74, 6) is -0.209. The lowest BCUT2D eigenvalue weighted by atomic mass is 10.1. The van der Waals surface area contributed by atoms with Crippen LogP contribution in [0.1, 0.15) is 35.3 Å². The molecule has 0 saturated carbocycles. The maximum Gasteiger partial charge on any atom is 0.416 e. The molecule has 1 fully saturated rings. The molecule has 9 heteroatoms. The van der Waals surface area contributed by atoms with E-state index in [0.717, 1.165) is 50.6 Å². The van der Waals surface area contributed by atoms with Crippen LogP contribution in [0.15, 0.2) is 30.5 Å². The Kier molecular flexibility index (Phi) is 5.31. The summed E-state index contributed by atoms with van der Waals surface area (Å²) in [5, 5.41) is 2.40. The van der Waals surface area contributed by atoms with Gasteiger partial charge in [0, 0.05) is 19.3 Å². The number of nitrogens with zero attached hydrogens (tertiary/aromatic N) is 3. The van der Waals surface area contributed by atoms with Gasteiger partial charge in [-0.2, -0.15) is 13.2 Å². The van der Waals surface area contributed by atoms with Crippen molar-refractivity contribution in [2.45, 2.75) is 25.4 Å². The van der Waals surface area contributed by atoms with Gasteiger partial charge in [0.2, 0.25) is 5.95 Å². The Morgan fingerprint density at radius 2 is 1.88 bits per heavy atom. The molecule has 1 aromatic carbocycles. The van der Waals surface area contributed by atoms with Crippen molar-refractivity contribution in [1.29, 1.82) is 0 Å². The highest BCUT2D eigenvalue weighted by Gasteiger charge is 2.31. The lowest BCUT2D eigenvalue weighted by molar-refractivity contribution is -0.137. The van der Waals surface area contributed by atoms with Gasteiger partial charge in [0.15, 0.2) is 0 Å². The van der Waals surface area contributed by atoms with Crippen molar-refractivity contribution in [2.24, 2.45) is 0 Å². The molecule has 1 aliphatic heterocycles. The fourth-order valence-electron chi connectivity index (χ4n) is 2.70. The van der Waals surface area contributed by atoms with Gasteiger partial charge in [-0.15, -0.1) is 0 Å². The summed E-state index contributed by atoms with van der Waals surface area (Å²) in [5.41, 5.74) is -0.951. The van der Waals surface area contributed by atoms with Crippen molar-refractivity contribution in [3.05, 3.63) is 46.7 Å². The minimum Gasteiger partial charge on any atom is -0.341 e. The number of amides is 1. The molecule has 0 aliphatic carbocycles. The van der Waals surface area contributed by atoms with Crippen molar-refractivity contribution in [1.82, 2.24) is 9.97 Å². The van der Waals surface area contributed by atoms with Gasteiger partial charge in [-0.1, -0.05) is 11.6 Å². The van der Waals surface area contributed by atoms with E-state index < -0.39 is 17.6 Å². The Balaban J connectivity index is 1.80. The molecule has 1 aliphatic rings. The van der Waals surface area contributed by atoms with Gasteiger partial charge in [-0.05, 0) is 43.5 Å². The third-order valence-electron chi connectivity index (χ3n) is 4.06. The van der Waals surface area contributed by atoms with E-state index in [4.69, 9.17) is 11.6 Å². The first-order valence-electron chi connectivity index (χ1n) is 8.11. The number of rotatable bonds is 3. The van der Waals surface area contributed by atoms with E-state index in [1.807, 2.05) is 4.90 Å². The standard InChI is InChI=1S/C17H16ClF3N4O/c18-12-5-4-11(17(19,20)21)10-14(12)23-15(26)13-6-7-22-16(24-13)25-8-2-1-3-9-25/h4-7,10H,1-3,8-9H2,(H,23,26). The summed E-state index contributed by atoms with van der Waals surface area (Å²) in [4.78, 5) is 22.8. The van der Waals surface area contributed by atoms with Crippen molar-refractivity contribution >= 4 is 29.1 Å². The maximum absolute atomic E-state index is 12.8. The van der Waals surface area contributed by atoms with Crippen LogP contribution in [0.3, 0.4) is 0 Å². The van der Waals surface area contributed by atoms with E-state index in [-0.39, 0.29) is 16.4 Å². The summed E-state index contributed by atoms with van der Waals surface area (Å²) >= 11 is 5.91. The highest BCUT2D eigenvalue weighted by Crippen LogP contribution is 2.34. The predicted molar refractivity (Wildman–Crippen MR) is 92.5 cm³/mol. The number of anilines is 2. The number of hydrogen-bond donors (Lipinski definition) is 1. The smallest absolute Gasteiger partial charge is 0.341 e. The molecule has 138 valence electrons. The normalized spacial score (nSPS) is 15.0. The molecule has 2 aromatic rings. The van der Waals surface area contributed by atoms with Crippen LogP contribution in [0.5, 0.6) is 0 Å². The Morgan fingerprint density at radius 1 is 1.15 bits per heavy atom. The Hall–Kier alpha value is -2.35. The summed E-state index contributed by atoms with van der Waals surface area (Å²) in [6, 6.07) is 4.16. The van der Waals surface area contributed by atoms with Crippen LogP contribution in [-0.2, 0) is 6.18 Å². The first-order chi connectivity index (χ1) is 12.3. The van der Waals surface area contributed by atoms with Crippen molar-refractivity contribution in [3.8, 4) is 0 Å². The molecule has 0 bridgehead atoms. The van der Waals surface area contributed by atoms with E-state index in [1.165, 1.54) is 12.3 Å². The molecule has 26 heavy (non-hydrogen) atoms. The monoisotopic (exact) mass is 384 g/mol. The highest BCUT2D eigenvalue weighted by atomic mass is 35.5. The fraction of sp³-hybridized carbons (Fsp3) is 0.353. The average Bonchev–Trinajstić information content (AvgIpc) is 2.63. The SMILES string of the molecule is O=C(Nc1cc(C(F)(F)F)ccc1Cl)c1ccnc(N2CCCCC2)n1. The second-order valence-corrected chi connectivity index (χ2v) is 6.34. The highest BCUT2D eigenvalue weighted by molar-refractivity contribution is 6.33. The minimum atomic E-state index is -4.53. The minimum absolute atomic E-state index is 0.0108. The molecule has 2 heterocycles. The van der Waals surface area contributed by atoms with Crippen LogP contribution < -0.4 is 10.2 Å². The van der Waals surface area contributed by atoms with Crippen LogP contribution in [0, 0.1) is 0 Å². The molecule has 1 N–H and O–H groups in total. The molecule has 0 spiro atoms. The van der Waals surface area contributed by atoms with Gasteiger partial charge in [-0.25, -0.2) is 9.97 Å². The quantitative estimate of drug-likeness (QED) is 0.852. The number of halogens is 4. The van der Waals surface area contributed by atoms with Crippen LogP contribution in [0.25, 0.3) is 0 Å². The number of hydrogen-bond acceptors (Lipinski definition) is 4. The number of nitrogens with one attached hydrogen (secondary N) is 1. The molecule has 0 unspecified atom stereocenters. The van der Waals surface area contributed by atoms with Crippen LogP contribution in [0.4, 0.5) is 24.8 Å². The Bertz CT molecular complexity index is 807. The van der Waals surface area contributed by atoms with E-state index in [9.17, 15) is 18.0 Å². The number of aromatic nitrogens is 2. The summed E-state index contributed by atoms with van der Waals surface area (Å²) in [6.07, 6.45) is 0.129. The maximum atomic E-state index is 12.8. The summed E-state index contributed by atoms with van der Waals surface area (Å²) in [7, 11) is 0. The van der Waals surface area contributed by atoms with E-state index in [2.05, 4.69) is 15.3 Å². The zero-order valence-corrected chi connectivity index (χ0v) is 14.4. The van der Waals surface area contributed by atoms with Crippen molar-refractivity contribution in [3.63, 3.8) is 0 Å². The molecule has 1 saturated heterocycles. The van der Waals surface area contributed by atoms with E-state index in [1.54, 1.807) is 0 Å². The lowest BCUT2D eigenvalue weighted by Gasteiger charge is -2.26. The number of carbonyl (C=O) groups excluding carboxylic acids is 1. The Labute approximate surface area is 153 Å². The van der Waals surface area contributed by atoms with Gasteiger partial charge in [0.05, 0.1) is 16.3 Å². The second-order valence-electron chi connectivity index (χ2n) is 5.94. The van der Waals surface area contributed by atoms with Crippen molar-refractivity contribution < 1.29 is 18.0 Å². The molecule has 1 amide bonds. The van der Waals surface area contributed by atoms with Gasteiger partial charge in [0.1, 0.15) is 5.69 Å². The van der Waals surface area contributed by atoms with Gasteiger partial charge in [0.25, 0.3) is 5.91 Å². The zero-order chi connectivity index (χ0) is 18.7. The summed E-state index contributed by atoms with van der Waals surface area (Å²) < 4.78 is 38.5. The molecule has 1 aromatic heterocycles. The topological polar surface area (TPSA) is 58.1 Å². The van der Waals surface area contributed by atoms with Crippen LogP contribution in [0.2, 0.25) is 5.02 Å². The lowest BCUT2D eigenvalue weighted by Crippen LogP contribution is -2.31. The van der Waals surface area contributed by atoms with E-state index >= 15 is 0 Å². The van der Waals surface area contributed by atoms with Crippen LogP contribution >= 0.6 is 11.6 Å². The number of benzene rings is 1. The first kappa shape index (κ1) is 18.4. The van der Waals surface area contributed by atoms with Gasteiger partial charge in [-0.3, -0.25) is 4.79 Å². The Morgan fingerprint density at radius 3 is 2.58 bits per heavy atom. The molecular weight excluding hydrogens is 369 g/mol. The largest absolute Gasteiger partial charge is 0.416 e.